The second kappa shape index (κ2) is 3.15. The average molecular weight is 206 g/mol. The Morgan fingerprint density at radius 3 is 2.80 bits per heavy atom. The van der Waals surface area contributed by atoms with Crippen LogP contribution < -0.4 is 0 Å². The van der Waals surface area contributed by atoms with Gasteiger partial charge < -0.3 is 0 Å². The van der Waals surface area contributed by atoms with E-state index < -0.39 is 5.67 Å². The second-order valence-electron chi connectivity index (χ2n) is 3.94. The number of hydrogen-bond donors (Lipinski definition) is 0. The molecular formula is C11H11FN2O. The topological polar surface area (TPSA) is 34.4 Å². The van der Waals surface area contributed by atoms with E-state index in [2.05, 4.69) is 5.10 Å². The molecule has 4 heteroatoms. The summed E-state index contributed by atoms with van der Waals surface area (Å²) >= 11 is 0. The molecule has 2 aromatic rings. The third kappa shape index (κ3) is 1.63. The van der Waals surface area contributed by atoms with E-state index in [0.717, 1.165) is 6.29 Å². The largest absolute Gasteiger partial charge is 0.298 e. The van der Waals surface area contributed by atoms with Crippen LogP contribution in [0.25, 0.3) is 5.52 Å². The first-order chi connectivity index (χ1) is 7.02. The minimum atomic E-state index is -1.40. The van der Waals surface area contributed by atoms with Gasteiger partial charge in [-0.2, -0.15) is 5.10 Å². The van der Waals surface area contributed by atoms with Crippen LogP contribution in [0.1, 0.15) is 29.8 Å². The van der Waals surface area contributed by atoms with Crippen LogP contribution in [-0.4, -0.2) is 15.9 Å². The van der Waals surface area contributed by atoms with Crippen LogP contribution in [0.4, 0.5) is 4.39 Å². The van der Waals surface area contributed by atoms with Gasteiger partial charge >= 0.3 is 0 Å². The molecule has 0 fully saturated rings. The average Bonchev–Trinajstić information content (AvgIpc) is 2.58. The van der Waals surface area contributed by atoms with Crippen molar-refractivity contribution in [1.82, 2.24) is 9.61 Å². The van der Waals surface area contributed by atoms with Gasteiger partial charge in [-0.15, -0.1) is 0 Å². The molecule has 0 unspecified atom stereocenters. The van der Waals surface area contributed by atoms with Gasteiger partial charge in [0.2, 0.25) is 0 Å². The smallest absolute Gasteiger partial charge is 0.153 e. The SMILES string of the molecule is CC(C)(F)c1ccc2c(C=O)cnn2c1. The zero-order valence-corrected chi connectivity index (χ0v) is 8.57. The summed E-state index contributed by atoms with van der Waals surface area (Å²) in [7, 11) is 0. The first kappa shape index (κ1) is 9.83. The molecular weight excluding hydrogens is 195 g/mol. The molecule has 0 atom stereocenters. The normalized spacial score (nSPS) is 11.9. The van der Waals surface area contributed by atoms with E-state index in [0.29, 0.717) is 16.6 Å². The highest BCUT2D eigenvalue weighted by Crippen LogP contribution is 2.24. The highest BCUT2D eigenvalue weighted by molar-refractivity contribution is 5.85. The van der Waals surface area contributed by atoms with Crippen molar-refractivity contribution < 1.29 is 9.18 Å². The Morgan fingerprint density at radius 1 is 1.47 bits per heavy atom. The molecule has 0 spiro atoms. The monoisotopic (exact) mass is 206 g/mol. The Balaban J connectivity index is 2.63. The van der Waals surface area contributed by atoms with Gasteiger partial charge in [0.05, 0.1) is 17.3 Å². The lowest BCUT2D eigenvalue weighted by atomic mass is 10.0. The maximum absolute atomic E-state index is 13.6. The van der Waals surface area contributed by atoms with E-state index in [9.17, 15) is 9.18 Å². The van der Waals surface area contributed by atoms with Gasteiger partial charge in [-0.3, -0.25) is 4.79 Å². The Labute approximate surface area is 86.5 Å². The molecule has 3 nitrogen and oxygen atoms in total. The first-order valence-corrected chi connectivity index (χ1v) is 4.64. The number of fused-ring (bicyclic) bond motifs is 1. The number of halogens is 1. The number of carbonyl (C=O) groups is 1. The summed E-state index contributed by atoms with van der Waals surface area (Å²) in [4.78, 5) is 10.6. The van der Waals surface area contributed by atoms with Crippen LogP contribution >= 0.6 is 0 Å². The van der Waals surface area contributed by atoms with Gasteiger partial charge in [0.25, 0.3) is 0 Å². The van der Waals surface area contributed by atoms with Crippen LogP contribution in [0.5, 0.6) is 0 Å². The number of hydrogen-bond acceptors (Lipinski definition) is 2. The molecule has 0 amide bonds. The number of pyridine rings is 1. The molecule has 0 saturated heterocycles. The Morgan fingerprint density at radius 2 is 2.20 bits per heavy atom. The highest BCUT2D eigenvalue weighted by Gasteiger charge is 2.19. The van der Waals surface area contributed by atoms with Crippen LogP contribution in [0.3, 0.4) is 0 Å². The molecule has 78 valence electrons. The molecule has 0 bridgehead atoms. The summed E-state index contributed by atoms with van der Waals surface area (Å²) in [5.74, 6) is 0. The molecule has 0 aliphatic heterocycles. The maximum Gasteiger partial charge on any atom is 0.153 e. The van der Waals surface area contributed by atoms with E-state index in [1.807, 2.05) is 0 Å². The summed E-state index contributed by atoms with van der Waals surface area (Å²) < 4.78 is 15.1. The van der Waals surface area contributed by atoms with Crippen molar-refractivity contribution in [3.8, 4) is 0 Å². The van der Waals surface area contributed by atoms with Crippen LogP contribution in [-0.2, 0) is 5.67 Å². The van der Waals surface area contributed by atoms with Crippen molar-refractivity contribution in [1.29, 1.82) is 0 Å². The standard InChI is InChI=1S/C11H11FN2O/c1-11(2,12)9-3-4-10-8(7-15)5-13-14(10)6-9/h3-7H,1-2H3. The molecule has 2 rings (SSSR count). The van der Waals surface area contributed by atoms with Crippen LogP contribution in [0.2, 0.25) is 0 Å². The molecule has 0 radical (unpaired) electrons. The summed E-state index contributed by atoms with van der Waals surface area (Å²) in [5.41, 5.74) is 0.341. The summed E-state index contributed by atoms with van der Waals surface area (Å²) in [5, 5.41) is 3.98. The maximum atomic E-state index is 13.6. The van der Waals surface area contributed by atoms with Gasteiger partial charge in [0.15, 0.2) is 6.29 Å². The summed E-state index contributed by atoms with van der Waals surface area (Å²) in [6, 6.07) is 3.37. The Kier molecular flexibility index (Phi) is 2.07. The first-order valence-electron chi connectivity index (χ1n) is 4.64. The van der Waals surface area contributed by atoms with Gasteiger partial charge in [-0.1, -0.05) is 6.07 Å². The lowest BCUT2D eigenvalue weighted by molar-refractivity contribution is 0.112. The number of aromatic nitrogens is 2. The Hall–Kier alpha value is -1.71. The van der Waals surface area contributed by atoms with E-state index in [-0.39, 0.29) is 0 Å². The number of alkyl halides is 1. The van der Waals surface area contributed by atoms with Crippen molar-refractivity contribution in [3.05, 3.63) is 35.7 Å². The van der Waals surface area contributed by atoms with Crippen LogP contribution in [0.15, 0.2) is 24.5 Å². The fourth-order valence-corrected chi connectivity index (χ4v) is 1.45. The number of nitrogens with zero attached hydrogens (tertiary/aromatic N) is 2. The molecule has 0 aromatic carbocycles. The van der Waals surface area contributed by atoms with E-state index in [4.69, 9.17) is 0 Å². The fraction of sp³-hybridized carbons (Fsp3) is 0.273. The van der Waals surface area contributed by atoms with Crippen molar-refractivity contribution >= 4 is 11.8 Å². The van der Waals surface area contributed by atoms with Gasteiger partial charge in [0, 0.05) is 11.8 Å². The van der Waals surface area contributed by atoms with Gasteiger partial charge in [0.1, 0.15) is 5.67 Å². The molecule has 0 N–H and O–H groups in total. The van der Waals surface area contributed by atoms with Gasteiger partial charge in [-0.25, -0.2) is 8.91 Å². The van der Waals surface area contributed by atoms with Crippen LogP contribution in [0, 0.1) is 0 Å². The van der Waals surface area contributed by atoms with Crippen molar-refractivity contribution in [2.75, 3.05) is 0 Å². The molecule has 2 aromatic heterocycles. The molecule has 15 heavy (non-hydrogen) atoms. The van der Waals surface area contributed by atoms with E-state index in [1.54, 1.807) is 18.3 Å². The zero-order valence-electron chi connectivity index (χ0n) is 8.57. The number of aldehydes is 1. The molecule has 0 saturated carbocycles. The van der Waals surface area contributed by atoms with Crippen molar-refractivity contribution in [2.45, 2.75) is 19.5 Å². The second-order valence-corrected chi connectivity index (χ2v) is 3.94. The summed E-state index contributed by atoms with van der Waals surface area (Å²) in [6.45, 7) is 2.97. The van der Waals surface area contributed by atoms with E-state index in [1.165, 1.54) is 24.6 Å². The number of rotatable bonds is 2. The number of carbonyl (C=O) groups excluding carboxylic acids is 1. The minimum Gasteiger partial charge on any atom is -0.298 e. The Bertz CT molecular complexity index is 511. The lowest BCUT2D eigenvalue weighted by Gasteiger charge is -2.14. The summed E-state index contributed by atoms with van der Waals surface area (Å²) in [6.07, 6.45) is 3.81. The lowest BCUT2D eigenvalue weighted by Crippen LogP contribution is -2.10. The molecule has 2 heterocycles. The van der Waals surface area contributed by atoms with Crippen molar-refractivity contribution in [2.24, 2.45) is 0 Å². The fourth-order valence-electron chi connectivity index (χ4n) is 1.45. The third-order valence-corrected chi connectivity index (χ3v) is 2.36. The van der Waals surface area contributed by atoms with E-state index >= 15 is 0 Å². The highest BCUT2D eigenvalue weighted by atomic mass is 19.1. The molecule has 0 aliphatic carbocycles. The molecule has 0 aliphatic rings. The third-order valence-electron chi connectivity index (χ3n) is 2.36. The predicted molar refractivity (Wildman–Crippen MR) is 54.7 cm³/mol. The minimum absolute atomic E-state index is 0.512. The quantitative estimate of drug-likeness (QED) is 0.707. The van der Waals surface area contributed by atoms with Crippen molar-refractivity contribution in [3.63, 3.8) is 0 Å². The predicted octanol–water partition coefficient (Wildman–Crippen LogP) is 2.35. The van der Waals surface area contributed by atoms with Gasteiger partial charge in [-0.05, 0) is 19.9 Å². The zero-order chi connectivity index (χ0) is 11.1.